The van der Waals surface area contributed by atoms with Gasteiger partial charge in [0.1, 0.15) is 5.82 Å². The van der Waals surface area contributed by atoms with Gasteiger partial charge in [-0.3, -0.25) is 4.90 Å². The zero-order chi connectivity index (χ0) is 16.5. The van der Waals surface area contributed by atoms with E-state index in [0.717, 1.165) is 25.5 Å². The first kappa shape index (κ1) is 15.1. The quantitative estimate of drug-likeness (QED) is 0.846. The molecule has 24 heavy (non-hydrogen) atoms. The largest absolute Gasteiger partial charge is 0.464 e. The number of hydrogen-bond acceptors (Lipinski definition) is 6. The monoisotopic (exact) mass is 324 g/mol. The molecular weight excluding hydrogens is 304 g/mol. The van der Waals surface area contributed by atoms with Crippen LogP contribution in [0.3, 0.4) is 0 Å². The minimum Gasteiger partial charge on any atom is -0.464 e. The topological polar surface area (TPSA) is 67.3 Å². The maximum Gasteiger partial charge on any atom is 0.358 e. The lowest BCUT2D eigenvalue weighted by Crippen LogP contribution is -2.27. The van der Waals surface area contributed by atoms with E-state index in [4.69, 9.17) is 0 Å². The Morgan fingerprint density at radius 3 is 2.54 bits per heavy atom. The predicted octanol–water partition coefficient (Wildman–Crippen LogP) is 1.81. The van der Waals surface area contributed by atoms with E-state index in [0.29, 0.717) is 17.9 Å². The van der Waals surface area contributed by atoms with E-state index in [1.807, 2.05) is 0 Å². The molecule has 2 heterocycles. The van der Waals surface area contributed by atoms with Crippen LogP contribution in [0.2, 0.25) is 0 Å². The van der Waals surface area contributed by atoms with E-state index in [-0.39, 0.29) is 5.69 Å². The fourth-order valence-corrected chi connectivity index (χ4v) is 3.59. The second-order valence-corrected chi connectivity index (χ2v) is 6.47. The Labute approximate surface area is 140 Å². The Morgan fingerprint density at radius 2 is 1.92 bits per heavy atom. The minimum atomic E-state index is -0.464. The van der Waals surface area contributed by atoms with Crippen molar-refractivity contribution < 1.29 is 9.53 Å². The Morgan fingerprint density at radius 1 is 1.17 bits per heavy atom. The van der Waals surface area contributed by atoms with Crippen LogP contribution in [0.25, 0.3) is 0 Å². The Balaban J connectivity index is 1.29. The van der Waals surface area contributed by atoms with E-state index >= 15 is 0 Å². The number of esters is 1. The van der Waals surface area contributed by atoms with Crippen molar-refractivity contribution in [2.45, 2.75) is 12.6 Å². The number of carbonyl (C=O) groups is 1. The van der Waals surface area contributed by atoms with Crippen LogP contribution in [0.4, 0.5) is 5.82 Å². The number of methoxy groups -OCH3 is 1. The SMILES string of the molecule is COC(=O)c1ccc(NC2[C@H]3CN(Cc4ccccc4)C[C@@H]23)nn1. The standard InChI is InChI=1S/C18H20N4O2/c1-24-18(23)15-7-8-16(21-20-15)19-17-13-10-22(11-14(13)17)9-12-5-3-2-4-6-12/h2-8,13-14,17H,9-11H2,1H3,(H,19,21)/t13-,14+,17?. The van der Waals surface area contributed by atoms with Crippen molar-refractivity contribution in [2.75, 3.05) is 25.5 Å². The van der Waals surface area contributed by atoms with Crippen molar-refractivity contribution in [1.29, 1.82) is 0 Å². The second kappa shape index (κ2) is 6.20. The number of aromatic nitrogens is 2. The first-order chi connectivity index (χ1) is 11.7. The van der Waals surface area contributed by atoms with Crippen molar-refractivity contribution in [2.24, 2.45) is 11.8 Å². The van der Waals surface area contributed by atoms with Crippen LogP contribution >= 0.6 is 0 Å². The van der Waals surface area contributed by atoms with E-state index in [1.165, 1.54) is 12.7 Å². The van der Waals surface area contributed by atoms with Gasteiger partial charge in [-0.25, -0.2) is 4.79 Å². The molecule has 1 aromatic heterocycles. The number of carbonyl (C=O) groups excluding carboxylic acids is 1. The lowest BCUT2D eigenvalue weighted by molar-refractivity contribution is 0.0593. The van der Waals surface area contributed by atoms with Crippen LogP contribution in [0.15, 0.2) is 42.5 Å². The highest BCUT2D eigenvalue weighted by Gasteiger charge is 2.55. The summed E-state index contributed by atoms with van der Waals surface area (Å²) in [6.07, 6.45) is 0. The van der Waals surface area contributed by atoms with Crippen LogP contribution in [-0.4, -0.2) is 47.3 Å². The number of nitrogens with one attached hydrogen (secondary N) is 1. The normalized spacial score (nSPS) is 25.1. The molecule has 2 aromatic rings. The first-order valence-corrected chi connectivity index (χ1v) is 8.19. The van der Waals surface area contributed by atoms with Crippen molar-refractivity contribution in [3.63, 3.8) is 0 Å². The predicted molar refractivity (Wildman–Crippen MR) is 89.5 cm³/mol. The summed E-state index contributed by atoms with van der Waals surface area (Å²) < 4.78 is 4.62. The highest BCUT2D eigenvalue weighted by Crippen LogP contribution is 2.47. The van der Waals surface area contributed by atoms with E-state index < -0.39 is 5.97 Å². The van der Waals surface area contributed by atoms with Gasteiger partial charge >= 0.3 is 5.97 Å². The van der Waals surface area contributed by atoms with Gasteiger partial charge in [0.05, 0.1) is 7.11 Å². The number of fused-ring (bicyclic) bond motifs is 1. The van der Waals surface area contributed by atoms with E-state index in [9.17, 15) is 4.79 Å². The van der Waals surface area contributed by atoms with Crippen LogP contribution in [0, 0.1) is 11.8 Å². The van der Waals surface area contributed by atoms with Crippen LogP contribution in [0.1, 0.15) is 16.1 Å². The third-order valence-corrected chi connectivity index (χ3v) is 4.89. The number of rotatable bonds is 5. The van der Waals surface area contributed by atoms with Crippen molar-refractivity contribution in [3.05, 3.63) is 53.7 Å². The minimum absolute atomic E-state index is 0.230. The molecule has 1 N–H and O–H groups in total. The molecule has 0 radical (unpaired) electrons. The number of piperidine rings is 1. The summed E-state index contributed by atoms with van der Waals surface area (Å²) in [5.41, 5.74) is 1.60. The average Bonchev–Trinajstić information content (AvgIpc) is 3.06. The van der Waals surface area contributed by atoms with Crippen molar-refractivity contribution in [1.82, 2.24) is 15.1 Å². The van der Waals surface area contributed by atoms with Gasteiger partial charge in [-0.05, 0) is 29.5 Å². The summed E-state index contributed by atoms with van der Waals surface area (Å²) in [5, 5.41) is 11.4. The molecule has 1 aliphatic carbocycles. The Bertz CT molecular complexity index is 708. The van der Waals surface area contributed by atoms with Crippen molar-refractivity contribution in [3.8, 4) is 0 Å². The van der Waals surface area contributed by atoms with Crippen molar-refractivity contribution >= 4 is 11.8 Å². The molecule has 0 bridgehead atoms. The molecule has 6 nitrogen and oxygen atoms in total. The number of anilines is 1. The number of benzene rings is 1. The fraction of sp³-hybridized carbons (Fsp3) is 0.389. The molecule has 1 aromatic carbocycles. The fourth-order valence-electron chi connectivity index (χ4n) is 3.59. The molecular formula is C18H20N4O2. The third-order valence-electron chi connectivity index (χ3n) is 4.89. The smallest absolute Gasteiger partial charge is 0.358 e. The summed E-state index contributed by atoms with van der Waals surface area (Å²) in [6, 6.07) is 14.5. The number of nitrogens with zero attached hydrogens (tertiary/aromatic N) is 3. The van der Waals surface area contributed by atoms with E-state index in [2.05, 4.69) is 55.5 Å². The first-order valence-electron chi connectivity index (χ1n) is 8.19. The maximum atomic E-state index is 11.4. The number of hydrogen-bond donors (Lipinski definition) is 1. The number of likely N-dealkylation sites (tertiary alicyclic amines) is 1. The molecule has 4 rings (SSSR count). The molecule has 0 spiro atoms. The molecule has 1 unspecified atom stereocenters. The average molecular weight is 324 g/mol. The van der Waals surface area contributed by atoms with Gasteiger partial charge in [0.15, 0.2) is 5.69 Å². The number of ether oxygens (including phenoxy) is 1. The van der Waals surface area contributed by atoms with Gasteiger partial charge < -0.3 is 10.1 Å². The molecule has 0 amide bonds. The Hall–Kier alpha value is -2.47. The molecule has 6 heteroatoms. The summed E-state index contributed by atoms with van der Waals surface area (Å²) >= 11 is 0. The van der Waals surface area contributed by atoms with Gasteiger partial charge in [0, 0.05) is 25.7 Å². The van der Waals surface area contributed by atoms with Crippen LogP contribution in [-0.2, 0) is 11.3 Å². The molecule has 1 aliphatic heterocycles. The van der Waals surface area contributed by atoms with Gasteiger partial charge in [0.2, 0.25) is 0 Å². The highest BCUT2D eigenvalue weighted by atomic mass is 16.5. The zero-order valence-electron chi connectivity index (χ0n) is 13.6. The van der Waals surface area contributed by atoms with Crippen LogP contribution in [0.5, 0.6) is 0 Å². The second-order valence-electron chi connectivity index (χ2n) is 6.47. The molecule has 124 valence electrons. The summed E-state index contributed by atoms with van der Waals surface area (Å²) in [6.45, 7) is 3.25. The third kappa shape index (κ3) is 2.97. The van der Waals surface area contributed by atoms with Gasteiger partial charge in [-0.1, -0.05) is 30.3 Å². The van der Waals surface area contributed by atoms with E-state index in [1.54, 1.807) is 12.1 Å². The van der Waals surface area contributed by atoms with Crippen LogP contribution < -0.4 is 5.32 Å². The summed E-state index contributed by atoms with van der Waals surface area (Å²) in [7, 11) is 1.34. The van der Waals surface area contributed by atoms with Gasteiger partial charge in [0.25, 0.3) is 0 Å². The lowest BCUT2D eigenvalue weighted by atomic mass is 10.2. The summed E-state index contributed by atoms with van der Waals surface area (Å²) in [4.78, 5) is 13.9. The Kier molecular flexibility index (Phi) is 3.90. The maximum absolute atomic E-state index is 11.4. The molecule has 1 saturated heterocycles. The molecule has 1 saturated carbocycles. The zero-order valence-corrected chi connectivity index (χ0v) is 13.6. The van der Waals surface area contributed by atoms with Gasteiger partial charge in [-0.15, -0.1) is 10.2 Å². The molecule has 3 atom stereocenters. The molecule has 2 fully saturated rings. The summed E-state index contributed by atoms with van der Waals surface area (Å²) in [5.74, 6) is 1.61. The lowest BCUT2D eigenvalue weighted by Gasteiger charge is -2.20. The molecule has 2 aliphatic rings. The highest BCUT2D eigenvalue weighted by molar-refractivity contribution is 5.86. The van der Waals surface area contributed by atoms with Gasteiger partial charge in [-0.2, -0.15) is 0 Å².